The molecule has 1 aromatic rings. The number of unbranched alkanes of at least 4 members (excludes halogenated alkanes) is 5. The van der Waals surface area contributed by atoms with E-state index in [2.05, 4.69) is 43.7 Å². The van der Waals surface area contributed by atoms with E-state index in [-0.39, 0.29) is 0 Å². The van der Waals surface area contributed by atoms with E-state index >= 15 is 0 Å². The molecule has 0 amide bonds. The van der Waals surface area contributed by atoms with E-state index in [0.29, 0.717) is 0 Å². The minimum absolute atomic E-state index is 1.20. The highest BCUT2D eigenvalue weighted by molar-refractivity contribution is 5.68. The normalized spacial score (nSPS) is 13.6. The van der Waals surface area contributed by atoms with Gasteiger partial charge in [-0.3, -0.25) is 0 Å². The van der Waals surface area contributed by atoms with Crippen LogP contribution in [0.4, 0.5) is 0 Å². The zero-order valence-electron chi connectivity index (χ0n) is 10.8. The van der Waals surface area contributed by atoms with Crippen molar-refractivity contribution in [3.8, 4) is 0 Å². The van der Waals surface area contributed by atoms with Crippen LogP contribution in [-0.4, -0.2) is 0 Å². The Hall–Kier alpha value is -1.04. The summed E-state index contributed by atoms with van der Waals surface area (Å²) in [5, 5.41) is 0. The number of fused-ring (bicyclic) bond motifs is 1. The molecule has 0 saturated heterocycles. The summed E-state index contributed by atoms with van der Waals surface area (Å²) in [7, 11) is 0. The molecule has 0 spiro atoms. The first-order valence-corrected chi connectivity index (χ1v) is 6.97. The molecule has 0 heteroatoms. The molecule has 0 saturated carbocycles. The smallest absolute Gasteiger partial charge is 0.0464 e. The SMILES string of the molecule is CCCCCCCCC1=Cc2ccccc2[C]1. The molecule has 0 N–H and O–H groups in total. The third-order valence-corrected chi connectivity index (χ3v) is 3.39. The number of rotatable bonds is 7. The highest BCUT2D eigenvalue weighted by Gasteiger charge is 2.11. The quantitative estimate of drug-likeness (QED) is 0.556. The summed E-state index contributed by atoms with van der Waals surface area (Å²) in [5.41, 5.74) is 4.00. The summed E-state index contributed by atoms with van der Waals surface area (Å²) in [6.45, 7) is 2.27. The van der Waals surface area contributed by atoms with E-state index < -0.39 is 0 Å². The van der Waals surface area contributed by atoms with Crippen molar-refractivity contribution in [2.45, 2.75) is 51.9 Å². The van der Waals surface area contributed by atoms with Crippen molar-refractivity contribution in [1.82, 2.24) is 0 Å². The molecule has 0 nitrogen and oxygen atoms in total. The number of hydrogen-bond acceptors (Lipinski definition) is 0. The number of benzene rings is 1. The Kier molecular flexibility index (Phi) is 4.85. The number of hydrogen-bond donors (Lipinski definition) is 0. The van der Waals surface area contributed by atoms with Crippen molar-refractivity contribution in [3.63, 3.8) is 0 Å². The van der Waals surface area contributed by atoms with Crippen LogP contribution in [0.25, 0.3) is 6.08 Å². The standard InChI is InChI=1S/C17H22/c1-2-3-4-5-6-7-10-15-13-16-11-8-9-12-17(16)14-15/h8-9,11-13H,2-7,10H2,1H3. The first-order chi connectivity index (χ1) is 8.40. The van der Waals surface area contributed by atoms with Gasteiger partial charge in [-0.1, -0.05) is 74.9 Å². The Morgan fingerprint density at radius 2 is 1.71 bits per heavy atom. The second-order valence-corrected chi connectivity index (χ2v) is 4.90. The van der Waals surface area contributed by atoms with Crippen LogP contribution in [0.1, 0.15) is 63.0 Å². The molecule has 0 bridgehead atoms. The van der Waals surface area contributed by atoms with Crippen molar-refractivity contribution in [2.24, 2.45) is 0 Å². The third-order valence-electron chi connectivity index (χ3n) is 3.39. The summed E-state index contributed by atoms with van der Waals surface area (Å²) in [6.07, 6.45) is 15.2. The Labute approximate surface area is 106 Å². The van der Waals surface area contributed by atoms with Gasteiger partial charge in [0.25, 0.3) is 0 Å². The summed E-state index contributed by atoms with van der Waals surface area (Å²) < 4.78 is 0. The summed E-state index contributed by atoms with van der Waals surface area (Å²) >= 11 is 0. The van der Waals surface area contributed by atoms with Crippen molar-refractivity contribution in [2.75, 3.05) is 0 Å². The minimum Gasteiger partial charge on any atom is -0.0654 e. The van der Waals surface area contributed by atoms with Crippen LogP contribution in [-0.2, 0) is 0 Å². The molecule has 17 heavy (non-hydrogen) atoms. The lowest BCUT2D eigenvalue weighted by atomic mass is 10.0. The van der Waals surface area contributed by atoms with Gasteiger partial charge < -0.3 is 0 Å². The first kappa shape index (κ1) is 12.4. The molecule has 2 radical (unpaired) electrons. The van der Waals surface area contributed by atoms with Crippen LogP contribution in [0.2, 0.25) is 0 Å². The Morgan fingerprint density at radius 1 is 0.941 bits per heavy atom. The lowest BCUT2D eigenvalue weighted by molar-refractivity contribution is 0.608. The summed E-state index contributed by atoms with van der Waals surface area (Å²) in [6, 6.07) is 8.52. The highest BCUT2D eigenvalue weighted by Crippen LogP contribution is 2.29. The molecule has 2 rings (SSSR count). The van der Waals surface area contributed by atoms with Gasteiger partial charge in [0.1, 0.15) is 0 Å². The first-order valence-electron chi connectivity index (χ1n) is 6.97. The third kappa shape index (κ3) is 3.73. The van der Waals surface area contributed by atoms with Crippen molar-refractivity contribution < 1.29 is 0 Å². The topological polar surface area (TPSA) is 0 Å². The van der Waals surface area contributed by atoms with Gasteiger partial charge in [-0.05, 0) is 24.0 Å². The van der Waals surface area contributed by atoms with Gasteiger partial charge in [0.05, 0.1) is 0 Å². The summed E-state index contributed by atoms with van der Waals surface area (Å²) in [4.78, 5) is 0. The fraction of sp³-hybridized carbons (Fsp3) is 0.471. The van der Waals surface area contributed by atoms with Gasteiger partial charge in [-0.15, -0.1) is 0 Å². The van der Waals surface area contributed by atoms with E-state index in [1.165, 1.54) is 61.6 Å². The van der Waals surface area contributed by atoms with Crippen LogP contribution < -0.4 is 0 Å². The molecule has 1 aromatic carbocycles. The Bertz CT molecular complexity index is 373. The van der Waals surface area contributed by atoms with Crippen molar-refractivity contribution in [1.29, 1.82) is 0 Å². The van der Waals surface area contributed by atoms with E-state index in [9.17, 15) is 0 Å². The second-order valence-electron chi connectivity index (χ2n) is 4.90. The van der Waals surface area contributed by atoms with Crippen LogP contribution >= 0.6 is 0 Å². The second kappa shape index (κ2) is 6.64. The predicted octanol–water partition coefficient (Wildman–Crippen LogP) is 5.26. The molecular weight excluding hydrogens is 204 g/mol. The maximum atomic E-state index is 3.50. The maximum absolute atomic E-state index is 3.50. The molecule has 0 atom stereocenters. The van der Waals surface area contributed by atoms with Crippen LogP contribution in [0, 0.1) is 6.42 Å². The zero-order chi connectivity index (χ0) is 11.9. The lowest BCUT2D eigenvalue weighted by Crippen LogP contribution is -1.84. The van der Waals surface area contributed by atoms with Crippen LogP contribution in [0.3, 0.4) is 0 Å². The molecule has 0 fully saturated rings. The van der Waals surface area contributed by atoms with E-state index in [4.69, 9.17) is 0 Å². The van der Waals surface area contributed by atoms with Crippen molar-refractivity contribution >= 4 is 6.08 Å². The van der Waals surface area contributed by atoms with Gasteiger partial charge in [0.2, 0.25) is 0 Å². The van der Waals surface area contributed by atoms with E-state index in [1.54, 1.807) is 0 Å². The van der Waals surface area contributed by atoms with E-state index in [0.717, 1.165) is 0 Å². The van der Waals surface area contributed by atoms with Gasteiger partial charge in [0, 0.05) is 6.42 Å². The molecule has 0 aromatic heterocycles. The van der Waals surface area contributed by atoms with Crippen LogP contribution in [0.5, 0.6) is 0 Å². The zero-order valence-corrected chi connectivity index (χ0v) is 10.8. The predicted molar refractivity (Wildman–Crippen MR) is 74.8 cm³/mol. The number of allylic oxidation sites excluding steroid dienone is 1. The lowest BCUT2D eigenvalue weighted by Gasteiger charge is -2.01. The fourth-order valence-corrected chi connectivity index (χ4v) is 2.36. The fourth-order valence-electron chi connectivity index (χ4n) is 2.36. The van der Waals surface area contributed by atoms with Gasteiger partial charge in [0.15, 0.2) is 0 Å². The molecule has 0 heterocycles. The van der Waals surface area contributed by atoms with Crippen LogP contribution in [0.15, 0.2) is 29.8 Å². The average Bonchev–Trinajstić information content (AvgIpc) is 2.76. The summed E-state index contributed by atoms with van der Waals surface area (Å²) in [5.74, 6) is 0. The molecule has 1 aliphatic rings. The van der Waals surface area contributed by atoms with Gasteiger partial charge in [-0.2, -0.15) is 0 Å². The average molecular weight is 226 g/mol. The molecule has 1 aliphatic carbocycles. The Balaban J connectivity index is 1.66. The monoisotopic (exact) mass is 226 g/mol. The van der Waals surface area contributed by atoms with Crippen molar-refractivity contribution in [3.05, 3.63) is 47.4 Å². The minimum atomic E-state index is 1.20. The molecule has 0 aliphatic heterocycles. The molecular formula is C17H22. The maximum Gasteiger partial charge on any atom is 0.0464 e. The largest absolute Gasteiger partial charge is 0.0654 e. The molecule has 90 valence electrons. The van der Waals surface area contributed by atoms with Gasteiger partial charge >= 0.3 is 0 Å². The van der Waals surface area contributed by atoms with Gasteiger partial charge in [-0.25, -0.2) is 0 Å². The highest BCUT2D eigenvalue weighted by atomic mass is 14.2. The molecule has 0 unspecified atom stereocenters. The van der Waals surface area contributed by atoms with E-state index in [1.807, 2.05) is 0 Å². The Morgan fingerprint density at radius 3 is 2.53 bits per heavy atom.